The summed E-state index contributed by atoms with van der Waals surface area (Å²) in [5.41, 5.74) is 0.931. The molecule has 0 atom stereocenters. The molecule has 1 aromatic heterocycles. The summed E-state index contributed by atoms with van der Waals surface area (Å²) in [5.74, 6) is -0.642. The van der Waals surface area contributed by atoms with Crippen LogP contribution in [-0.2, 0) is 0 Å². The van der Waals surface area contributed by atoms with E-state index >= 15 is 0 Å². The van der Waals surface area contributed by atoms with Crippen LogP contribution < -0.4 is 11.1 Å². The molecule has 0 spiro atoms. The van der Waals surface area contributed by atoms with Crippen molar-refractivity contribution < 1.29 is 9.21 Å². The van der Waals surface area contributed by atoms with E-state index < -0.39 is 11.8 Å². The maximum absolute atomic E-state index is 12.1. The van der Waals surface area contributed by atoms with Crippen molar-refractivity contribution in [1.29, 1.82) is 0 Å². The second-order valence-electron chi connectivity index (χ2n) is 5.17. The molecule has 1 N–H and O–H groups in total. The predicted octanol–water partition coefficient (Wildman–Crippen LogP) is 3.51. The molecule has 1 amide bonds. The second-order valence-corrected chi connectivity index (χ2v) is 5.17. The molecule has 5 nitrogen and oxygen atoms in total. The standard InChI is InChI=1S/C16H22N2O3/c1-2-3-4-5-6-9-12-17-15(19)18-13-10-7-8-11-14(13)21-16(18)20/h7-8,10-11H,2-6,9,12H2,1H3,(H,17,19). The van der Waals surface area contributed by atoms with Crippen LogP contribution in [0.3, 0.4) is 0 Å². The van der Waals surface area contributed by atoms with Gasteiger partial charge in [-0.05, 0) is 18.6 Å². The highest BCUT2D eigenvalue weighted by molar-refractivity contribution is 5.87. The molecule has 0 radical (unpaired) electrons. The molecule has 21 heavy (non-hydrogen) atoms. The summed E-state index contributed by atoms with van der Waals surface area (Å²) in [7, 11) is 0. The van der Waals surface area contributed by atoms with E-state index in [4.69, 9.17) is 4.42 Å². The first-order valence-electron chi connectivity index (χ1n) is 7.63. The first-order valence-corrected chi connectivity index (χ1v) is 7.63. The van der Waals surface area contributed by atoms with Crippen LogP contribution in [0.5, 0.6) is 0 Å². The van der Waals surface area contributed by atoms with Gasteiger partial charge in [0.1, 0.15) is 0 Å². The minimum atomic E-state index is -0.642. The number of aromatic nitrogens is 1. The normalized spacial score (nSPS) is 10.9. The zero-order valence-electron chi connectivity index (χ0n) is 12.4. The van der Waals surface area contributed by atoms with E-state index in [1.165, 1.54) is 25.7 Å². The van der Waals surface area contributed by atoms with Gasteiger partial charge in [0.15, 0.2) is 5.58 Å². The van der Waals surface area contributed by atoms with Crippen molar-refractivity contribution in [2.24, 2.45) is 0 Å². The van der Waals surface area contributed by atoms with E-state index in [0.29, 0.717) is 17.6 Å². The number of oxazole rings is 1. The average molecular weight is 290 g/mol. The molecule has 0 saturated heterocycles. The number of para-hydroxylation sites is 2. The summed E-state index contributed by atoms with van der Waals surface area (Å²) in [6, 6.07) is 6.50. The lowest BCUT2D eigenvalue weighted by Gasteiger charge is -2.05. The minimum absolute atomic E-state index is 0.418. The Balaban J connectivity index is 1.85. The molecule has 0 aliphatic heterocycles. The van der Waals surface area contributed by atoms with Crippen molar-refractivity contribution in [3.05, 3.63) is 34.8 Å². The molecule has 0 saturated carbocycles. The Morgan fingerprint density at radius 2 is 1.86 bits per heavy atom. The van der Waals surface area contributed by atoms with E-state index in [1.54, 1.807) is 24.3 Å². The summed E-state index contributed by atoms with van der Waals surface area (Å²) in [6.45, 7) is 2.77. The predicted molar refractivity (Wildman–Crippen MR) is 82.6 cm³/mol. The highest BCUT2D eigenvalue weighted by Crippen LogP contribution is 2.11. The third-order valence-electron chi connectivity index (χ3n) is 3.50. The fourth-order valence-corrected chi connectivity index (χ4v) is 2.34. The zero-order chi connectivity index (χ0) is 15.1. The number of carbonyl (C=O) groups excluding carboxylic acids is 1. The Labute approximate surface area is 123 Å². The first kappa shape index (κ1) is 15.4. The molecule has 1 aromatic carbocycles. The SMILES string of the molecule is CCCCCCCCNC(=O)n1c(=O)oc2ccccc21. The fraction of sp³-hybridized carbons (Fsp3) is 0.500. The number of hydrogen-bond acceptors (Lipinski definition) is 3. The summed E-state index contributed by atoms with van der Waals surface area (Å²) in [4.78, 5) is 23.8. The monoisotopic (exact) mass is 290 g/mol. The highest BCUT2D eigenvalue weighted by atomic mass is 16.4. The lowest BCUT2D eigenvalue weighted by molar-refractivity contribution is 0.241. The van der Waals surface area contributed by atoms with Gasteiger partial charge in [-0.15, -0.1) is 0 Å². The van der Waals surface area contributed by atoms with Gasteiger partial charge in [-0.2, -0.15) is 4.57 Å². The van der Waals surface area contributed by atoms with E-state index in [-0.39, 0.29) is 0 Å². The molecule has 0 unspecified atom stereocenters. The van der Waals surface area contributed by atoms with Gasteiger partial charge in [-0.25, -0.2) is 9.59 Å². The molecule has 2 aromatic rings. The maximum atomic E-state index is 12.1. The lowest BCUT2D eigenvalue weighted by Crippen LogP contribution is -2.34. The molecule has 114 valence electrons. The van der Waals surface area contributed by atoms with Gasteiger partial charge in [-0.1, -0.05) is 51.2 Å². The van der Waals surface area contributed by atoms with E-state index in [1.807, 2.05) is 0 Å². The summed E-state index contributed by atoms with van der Waals surface area (Å²) in [5, 5.41) is 2.77. The largest absolute Gasteiger partial charge is 0.428 e. The van der Waals surface area contributed by atoms with Crippen molar-refractivity contribution in [3.63, 3.8) is 0 Å². The Hall–Kier alpha value is -2.04. The quantitative estimate of drug-likeness (QED) is 0.794. The number of rotatable bonds is 7. The van der Waals surface area contributed by atoms with Crippen LogP contribution in [0.25, 0.3) is 11.1 Å². The Kier molecular flexibility index (Phi) is 5.60. The lowest BCUT2D eigenvalue weighted by atomic mass is 10.1. The van der Waals surface area contributed by atoms with Crippen LogP contribution >= 0.6 is 0 Å². The minimum Gasteiger partial charge on any atom is -0.407 e. The van der Waals surface area contributed by atoms with Gasteiger partial charge in [0.05, 0.1) is 5.52 Å². The molecular formula is C16H22N2O3. The molecule has 0 aliphatic carbocycles. The maximum Gasteiger partial charge on any atom is 0.428 e. The number of carbonyl (C=O) groups is 1. The van der Waals surface area contributed by atoms with Gasteiger partial charge < -0.3 is 9.73 Å². The number of amides is 1. The molecule has 1 heterocycles. The topological polar surface area (TPSA) is 64.2 Å². The van der Waals surface area contributed by atoms with Crippen molar-refractivity contribution >= 4 is 17.1 Å². The fourth-order valence-electron chi connectivity index (χ4n) is 2.34. The summed E-state index contributed by atoms with van der Waals surface area (Å²) >= 11 is 0. The van der Waals surface area contributed by atoms with Crippen LogP contribution in [0.1, 0.15) is 45.4 Å². The van der Waals surface area contributed by atoms with E-state index in [0.717, 1.165) is 17.4 Å². The first-order chi connectivity index (χ1) is 10.2. The number of benzene rings is 1. The Bertz CT molecular complexity index is 642. The second kappa shape index (κ2) is 7.67. The van der Waals surface area contributed by atoms with Crippen LogP contribution in [0.4, 0.5) is 4.79 Å². The van der Waals surface area contributed by atoms with Crippen molar-refractivity contribution in [1.82, 2.24) is 9.88 Å². The van der Waals surface area contributed by atoms with Crippen LogP contribution in [-0.4, -0.2) is 17.1 Å². The van der Waals surface area contributed by atoms with Crippen LogP contribution in [0.2, 0.25) is 0 Å². The smallest absolute Gasteiger partial charge is 0.407 e. The van der Waals surface area contributed by atoms with Crippen LogP contribution in [0, 0.1) is 0 Å². The number of unbranched alkanes of at least 4 members (excludes halogenated alkanes) is 5. The highest BCUT2D eigenvalue weighted by Gasteiger charge is 2.14. The third-order valence-corrected chi connectivity index (χ3v) is 3.50. The van der Waals surface area contributed by atoms with Gasteiger partial charge in [0, 0.05) is 6.54 Å². The molecule has 5 heteroatoms. The Morgan fingerprint density at radius 3 is 2.67 bits per heavy atom. The van der Waals surface area contributed by atoms with Crippen molar-refractivity contribution in [3.8, 4) is 0 Å². The zero-order valence-corrected chi connectivity index (χ0v) is 12.4. The van der Waals surface area contributed by atoms with Crippen LogP contribution in [0.15, 0.2) is 33.5 Å². The summed E-state index contributed by atoms with van der Waals surface area (Å²) in [6.07, 6.45) is 6.96. The van der Waals surface area contributed by atoms with Crippen molar-refractivity contribution in [2.45, 2.75) is 45.4 Å². The van der Waals surface area contributed by atoms with Gasteiger partial charge in [0.2, 0.25) is 0 Å². The van der Waals surface area contributed by atoms with Crippen molar-refractivity contribution in [2.75, 3.05) is 6.54 Å². The van der Waals surface area contributed by atoms with Gasteiger partial charge in [0.25, 0.3) is 0 Å². The summed E-state index contributed by atoms with van der Waals surface area (Å²) < 4.78 is 6.09. The number of nitrogens with one attached hydrogen (secondary N) is 1. The number of nitrogens with zero attached hydrogens (tertiary/aromatic N) is 1. The average Bonchev–Trinajstić information content (AvgIpc) is 2.82. The van der Waals surface area contributed by atoms with E-state index in [2.05, 4.69) is 12.2 Å². The third kappa shape index (κ3) is 3.97. The molecule has 0 aliphatic rings. The number of fused-ring (bicyclic) bond motifs is 1. The van der Waals surface area contributed by atoms with Gasteiger partial charge in [-0.3, -0.25) is 0 Å². The molecule has 0 fully saturated rings. The molecule has 0 bridgehead atoms. The molecular weight excluding hydrogens is 268 g/mol. The molecule has 2 rings (SSSR count). The Morgan fingerprint density at radius 1 is 1.14 bits per heavy atom. The van der Waals surface area contributed by atoms with Gasteiger partial charge >= 0.3 is 11.8 Å². The number of hydrogen-bond donors (Lipinski definition) is 1. The van der Waals surface area contributed by atoms with E-state index in [9.17, 15) is 9.59 Å².